The minimum Gasteiger partial charge on any atom is -0.456 e. The van der Waals surface area contributed by atoms with Crippen LogP contribution in [0.15, 0.2) is 0 Å². The fourth-order valence-corrected chi connectivity index (χ4v) is 0.286. The molecular weight excluding hydrogens is 124 g/mol. The largest absolute Gasteiger partial charge is 0.456 e. The Morgan fingerprint density at radius 2 is 2.33 bits per heavy atom. The maximum absolute atomic E-state index is 10.3. The minimum atomic E-state index is -0.524. The van der Waals surface area contributed by atoms with Crippen LogP contribution >= 0.6 is 0 Å². The number of hydrogen-bond acceptors (Lipinski definition) is 4. The van der Waals surface area contributed by atoms with Gasteiger partial charge >= 0.3 is 5.97 Å². The number of aldehydes is 1. The van der Waals surface area contributed by atoms with Crippen LogP contribution in [0.4, 0.5) is 0 Å². The zero-order valence-corrected chi connectivity index (χ0v) is 5.12. The molecule has 0 aromatic carbocycles. The number of rotatable bonds is 4. The van der Waals surface area contributed by atoms with Crippen molar-refractivity contribution in [2.75, 3.05) is 20.3 Å². The van der Waals surface area contributed by atoms with E-state index >= 15 is 0 Å². The van der Waals surface area contributed by atoms with Crippen molar-refractivity contribution < 1.29 is 19.1 Å². The summed E-state index contributed by atoms with van der Waals surface area (Å²) in [4.78, 5) is 19.9. The summed E-state index contributed by atoms with van der Waals surface area (Å²) in [6, 6.07) is 0. The molecule has 0 unspecified atom stereocenters. The summed E-state index contributed by atoms with van der Waals surface area (Å²) in [5.41, 5.74) is 0. The predicted molar refractivity (Wildman–Crippen MR) is 28.9 cm³/mol. The van der Waals surface area contributed by atoms with Gasteiger partial charge < -0.3 is 9.47 Å². The van der Waals surface area contributed by atoms with Gasteiger partial charge in [0.2, 0.25) is 0 Å². The molecule has 0 aliphatic rings. The van der Waals surface area contributed by atoms with E-state index < -0.39 is 5.97 Å². The molecule has 52 valence electrons. The summed E-state index contributed by atoms with van der Waals surface area (Å²) >= 11 is 0. The first kappa shape index (κ1) is 8.10. The molecule has 0 aliphatic carbocycles. The van der Waals surface area contributed by atoms with Crippen molar-refractivity contribution in [3.63, 3.8) is 0 Å². The van der Waals surface area contributed by atoms with Gasteiger partial charge in [-0.2, -0.15) is 0 Å². The monoisotopic (exact) mass is 132 g/mol. The topological polar surface area (TPSA) is 52.6 Å². The molecule has 0 spiro atoms. The summed E-state index contributed by atoms with van der Waals surface area (Å²) in [6.45, 7) is -0.296. The molecule has 0 amide bonds. The number of methoxy groups -OCH3 is 1. The van der Waals surface area contributed by atoms with Gasteiger partial charge in [-0.05, 0) is 0 Å². The molecule has 0 N–H and O–H groups in total. The van der Waals surface area contributed by atoms with Crippen LogP contribution in [0.5, 0.6) is 0 Å². The molecule has 0 atom stereocenters. The van der Waals surface area contributed by atoms with E-state index in [0.717, 1.165) is 0 Å². The van der Waals surface area contributed by atoms with E-state index in [2.05, 4.69) is 9.47 Å². The number of carbonyl (C=O) groups excluding carboxylic acids is 2. The van der Waals surface area contributed by atoms with Crippen LogP contribution in [-0.2, 0) is 19.1 Å². The summed E-state index contributed by atoms with van der Waals surface area (Å²) in [6.07, 6.45) is 0.508. The summed E-state index contributed by atoms with van der Waals surface area (Å²) < 4.78 is 8.71. The quantitative estimate of drug-likeness (QED) is 0.377. The highest BCUT2D eigenvalue weighted by molar-refractivity contribution is 5.72. The number of carbonyl (C=O) groups is 2. The zero-order chi connectivity index (χ0) is 7.11. The van der Waals surface area contributed by atoms with Gasteiger partial charge in [0.1, 0.15) is 13.2 Å². The molecular formula is C5H8O4. The minimum absolute atomic E-state index is 0.103. The lowest BCUT2D eigenvalue weighted by atomic mass is 10.7. The second-order valence-corrected chi connectivity index (χ2v) is 1.28. The van der Waals surface area contributed by atoms with Crippen molar-refractivity contribution in [2.45, 2.75) is 0 Å². The molecule has 0 saturated heterocycles. The normalized spacial score (nSPS) is 8.56. The lowest BCUT2D eigenvalue weighted by Crippen LogP contribution is -2.12. The molecule has 4 heteroatoms. The molecule has 0 aliphatic heterocycles. The molecule has 0 rings (SSSR count). The molecule has 4 nitrogen and oxygen atoms in total. The first-order chi connectivity index (χ1) is 4.31. The van der Waals surface area contributed by atoms with Crippen molar-refractivity contribution in [3.8, 4) is 0 Å². The molecule has 0 saturated carbocycles. The molecule has 9 heavy (non-hydrogen) atoms. The predicted octanol–water partition coefficient (Wildman–Crippen LogP) is -0.625. The van der Waals surface area contributed by atoms with Gasteiger partial charge in [0.05, 0.1) is 0 Å². The average molecular weight is 132 g/mol. The number of hydrogen-bond donors (Lipinski definition) is 0. The Morgan fingerprint density at radius 3 is 2.78 bits per heavy atom. The smallest absolute Gasteiger partial charge is 0.332 e. The lowest BCUT2D eigenvalue weighted by Gasteiger charge is -1.96. The number of esters is 1. The van der Waals surface area contributed by atoms with E-state index in [0.29, 0.717) is 6.29 Å². The van der Waals surface area contributed by atoms with Crippen LogP contribution in [-0.4, -0.2) is 32.6 Å². The van der Waals surface area contributed by atoms with Gasteiger partial charge in [-0.15, -0.1) is 0 Å². The van der Waals surface area contributed by atoms with Crippen molar-refractivity contribution >= 4 is 12.3 Å². The zero-order valence-electron chi connectivity index (χ0n) is 5.12. The third-order valence-electron chi connectivity index (χ3n) is 0.575. The Balaban J connectivity index is 3.16. The molecule has 0 aromatic rings. The summed E-state index contributed by atoms with van der Waals surface area (Å²) in [5, 5.41) is 0. The fraction of sp³-hybridized carbons (Fsp3) is 0.600. The fourth-order valence-electron chi connectivity index (χ4n) is 0.286. The average Bonchev–Trinajstić information content (AvgIpc) is 1.85. The highest BCUT2D eigenvalue weighted by atomic mass is 16.6. The highest BCUT2D eigenvalue weighted by Gasteiger charge is 1.97. The molecule has 0 fully saturated rings. The van der Waals surface area contributed by atoms with E-state index in [1.165, 1.54) is 7.11 Å². The first-order valence-corrected chi connectivity index (χ1v) is 2.39. The van der Waals surface area contributed by atoms with Crippen LogP contribution in [0, 0.1) is 0 Å². The van der Waals surface area contributed by atoms with Crippen molar-refractivity contribution in [1.82, 2.24) is 0 Å². The first-order valence-electron chi connectivity index (χ1n) is 2.39. The second-order valence-electron chi connectivity index (χ2n) is 1.28. The van der Waals surface area contributed by atoms with Crippen molar-refractivity contribution in [1.29, 1.82) is 0 Å². The van der Waals surface area contributed by atoms with Crippen LogP contribution in [0.3, 0.4) is 0 Å². The van der Waals surface area contributed by atoms with Crippen LogP contribution in [0.1, 0.15) is 0 Å². The van der Waals surface area contributed by atoms with Gasteiger partial charge in [0.25, 0.3) is 0 Å². The SMILES string of the molecule is COCC(=O)OCC=O. The third-order valence-corrected chi connectivity index (χ3v) is 0.575. The van der Waals surface area contributed by atoms with Crippen LogP contribution < -0.4 is 0 Å². The van der Waals surface area contributed by atoms with Gasteiger partial charge in [-0.1, -0.05) is 0 Å². The van der Waals surface area contributed by atoms with Crippen LogP contribution in [0.2, 0.25) is 0 Å². The standard InChI is InChI=1S/C5H8O4/c1-8-4-5(7)9-3-2-6/h2H,3-4H2,1H3. The third kappa shape index (κ3) is 4.96. The van der Waals surface area contributed by atoms with Crippen molar-refractivity contribution in [3.05, 3.63) is 0 Å². The van der Waals surface area contributed by atoms with Crippen molar-refractivity contribution in [2.24, 2.45) is 0 Å². The maximum atomic E-state index is 10.3. The Morgan fingerprint density at radius 1 is 1.67 bits per heavy atom. The van der Waals surface area contributed by atoms with Gasteiger partial charge in [0.15, 0.2) is 6.29 Å². The van der Waals surface area contributed by atoms with Gasteiger partial charge in [0, 0.05) is 7.11 Å². The molecule has 0 radical (unpaired) electrons. The van der Waals surface area contributed by atoms with E-state index in [1.807, 2.05) is 0 Å². The summed E-state index contributed by atoms with van der Waals surface area (Å²) in [5.74, 6) is -0.524. The highest BCUT2D eigenvalue weighted by Crippen LogP contribution is 1.75. The molecule has 0 bridgehead atoms. The summed E-state index contributed by atoms with van der Waals surface area (Å²) in [7, 11) is 1.38. The Labute approximate surface area is 52.7 Å². The van der Waals surface area contributed by atoms with Gasteiger partial charge in [-0.25, -0.2) is 4.79 Å². The van der Waals surface area contributed by atoms with Gasteiger partial charge in [-0.3, -0.25) is 4.79 Å². The lowest BCUT2D eigenvalue weighted by molar-refractivity contribution is -0.149. The molecule has 0 aromatic heterocycles. The Kier molecular flexibility index (Phi) is 4.72. The number of ether oxygens (including phenoxy) is 2. The molecule has 0 heterocycles. The van der Waals surface area contributed by atoms with E-state index in [1.54, 1.807) is 0 Å². The second kappa shape index (κ2) is 5.24. The Hall–Kier alpha value is -0.900. The van der Waals surface area contributed by atoms with E-state index in [4.69, 9.17) is 0 Å². The van der Waals surface area contributed by atoms with E-state index in [9.17, 15) is 9.59 Å². The van der Waals surface area contributed by atoms with E-state index in [-0.39, 0.29) is 13.2 Å². The maximum Gasteiger partial charge on any atom is 0.332 e. The van der Waals surface area contributed by atoms with Crippen LogP contribution in [0.25, 0.3) is 0 Å². The Bertz CT molecular complexity index is 99.1.